The van der Waals surface area contributed by atoms with Crippen molar-refractivity contribution in [2.75, 3.05) is 19.7 Å². The Hall–Kier alpha value is -1.02. The van der Waals surface area contributed by atoms with Gasteiger partial charge in [0.15, 0.2) is 0 Å². The van der Waals surface area contributed by atoms with Gasteiger partial charge >= 0.3 is 0 Å². The van der Waals surface area contributed by atoms with E-state index in [4.69, 9.17) is 22.7 Å². The van der Waals surface area contributed by atoms with Crippen LogP contribution in [0.15, 0.2) is 24.3 Å². The molecule has 0 amide bonds. The van der Waals surface area contributed by atoms with Crippen LogP contribution >= 0.6 is 12.2 Å². The molecule has 5 nitrogen and oxygen atoms in total. The summed E-state index contributed by atoms with van der Waals surface area (Å²) in [6, 6.07) is 7.07. The fourth-order valence-corrected chi connectivity index (χ4v) is 4.03. The molecule has 1 aromatic carbocycles. The Morgan fingerprint density at radius 2 is 2.20 bits per heavy atom. The summed E-state index contributed by atoms with van der Waals surface area (Å²) < 4.78 is 31.8. The second-order valence-corrected chi connectivity index (χ2v) is 7.23. The average Bonchev–Trinajstić information content (AvgIpc) is 2.38. The second kappa shape index (κ2) is 6.17. The van der Waals surface area contributed by atoms with E-state index in [9.17, 15) is 8.42 Å². The van der Waals surface area contributed by atoms with Crippen molar-refractivity contribution < 1.29 is 13.2 Å². The van der Waals surface area contributed by atoms with Gasteiger partial charge < -0.3 is 10.5 Å². The third-order valence-corrected chi connectivity index (χ3v) is 5.23. The van der Waals surface area contributed by atoms with Gasteiger partial charge in [0.1, 0.15) is 4.99 Å². The van der Waals surface area contributed by atoms with E-state index in [1.165, 1.54) is 4.31 Å². The highest BCUT2D eigenvalue weighted by Gasteiger charge is 2.28. The Morgan fingerprint density at radius 3 is 2.85 bits per heavy atom. The molecule has 1 saturated heterocycles. The van der Waals surface area contributed by atoms with Gasteiger partial charge in [-0.2, -0.15) is 4.31 Å². The van der Waals surface area contributed by atoms with Gasteiger partial charge in [0, 0.05) is 18.7 Å². The number of rotatable bonds is 4. The predicted octanol–water partition coefficient (Wildman–Crippen LogP) is 0.871. The van der Waals surface area contributed by atoms with Crippen molar-refractivity contribution in [3.63, 3.8) is 0 Å². The Labute approximate surface area is 124 Å². The van der Waals surface area contributed by atoms with Crippen LogP contribution in [0.3, 0.4) is 0 Å². The number of ether oxygens (including phenoxy) is 1. The monoisotopic (exact) mass is 314 g/mol. The van der Waals surface area contributed by atoms with Crippen LogP contribution in [0.5, 0.6) is 0 Å². The second-order valence-electron chi connectivity index (χ2n) is 4.82. The van der Waals surface area contributed by atoms with Gasteiger partial charge in [-0.1, -0.05) is 36.5 Å². The molecule has 1 fully saturated rings. The van der Waals surface area contributed by atoms with E-state index >= 15 is 0 Å². The van der Waals surface area contributed by atoms with Crippen molar-refractivity contribution in [3.05, 3.63) is 35.4 Å². The fourth-order valence-electron chi connectivity index (χ4n) is 2.21. The summed E-state index contributed by atoms with van der Waals surface area (Å²) in [5.74, 6) is -0.0900. The molecule has 1 atom stereocenters. The molecule has 110 valence electrons. The third kappa shape index (κ3) is 3.54. The Balaban J connectivity index is 2.22. The first-order chi connectivity index (χ1) is 9.40. The largest absolute Gasteiger partial charge is 0.389 e. The highest BCUT2D eigenvalue weighted by molar-refractivity contribution is 7.88. The highest BCUT2D eigenvalue weighted by atomic mass is 32.2. The number of benzene rings is 1. The number of morpholine rings is 1. The summed E-state index contributed by atoms with van der Waals surface area (Å²) in [7, 11) is -3.39. The molecule has 1 heterocycles. The number of hydrogen-bond donors (Lipinski definition) is 1. The van der Waals surface area contributed by atoms with Gasteiger partial charge in [0.2, 0.25) is 10.0 Å². The maximum absolute atomic E-state index is 12.5. The molecular formula is C13H18N2O3S2. The molecule has 0 aliphatic carbocycles. The lowest BCUT2D eigenvalue weighted by Crippen LogP contribution is -2.45. The minimum atomic E-state index is -3.39. The van der Waals surface area contributed by atoms with Gasteiger partial charge in [0.05, 0.1) is 18.5 Å². The minimum absolute atomic E-state index is 0.0793. The van der Waals surface area contributed by atoms with E-state index in [1.807, 2.05) is 6.92 Å². The maximum atomic E-state index is 12.5. The van der Waals surface area contributed by atoms with E-state index in [0.29, 0.717) is 30.8 Å². The molecule has 1 unspecified atom stereocenters. The van der Waals surface area contributed by atoms with Crippen LogP contribution in [-0.4, -0.2) is 43.5 Å². The van der Waals surface area contributed by atoms with E-state index in [1.54, 1.807) is 24.3 Å². The van der Waals surface area contributed by atoms with Crippen LogP contribution in [0.4, 0.5) is 0 Å². The Morgan fingerprint density at radius 1 is 1.50 bits per heavy atom. The van der Waals surface area contributed by atoms with Crippen LogP contribution in [0, 0.1) is 0 Å². The van der Waals surface area contributed by atoms with Crippen LogP contribution in [0.25, 0.3) is 0 Å². The number of nitrogens with zero attached hydrogens (tertiary/aromatic N) is 1. The highest BCUT2D eigenvalue weighted by Crippen LogP contribution is 2.17. The van der Waals surface area contributed by atoms with Crippen molar-refractivity contribution in [1.29, 1.82) is 0 Å². The third-order valence-electron chi connectivity index (χ3n) is 3.22. The first-order valence-corrected chi connectivity index (χ1v) is 8.39. The van der Waals surface area contributed by atoms with Gasteiger partial charge in [-0.3, -0.25) is 0 Å². The van der Waals surface area contributed by atoms with Crippen molar-refractivity contribution in [1.82, 2.24) is 4.31 Å². The number of thiocarbonyl (C=S) groups is 1. The molecule has 2 rings (SSSR count). The van der Waals surface area contributed by atoms with Crippen molar-refractivity contribution in [3.8, 4) is 0 Å². The lowest BCUT2D eigenvalue weighted by Gasteiger charge is -2.30. The molecule has 0 radical (unpaired) electrons. The number of hydrogen-bond acceptors (Lipinski definition) is 4. The van der Waals surface area contributed by atoms with Gasteiger partial charge in [-0.05, 0) is 12.5 Å². The summed E-state index contributed by atoms with van der Waals surface area (Å²) in [5, 5.41) is 0. The SMILES string of the molecule is CC1CN(S(=O)(=O)Cc2ccccc2C(N)=S)CCO1. The van der Waals surface area contributed by atoms with E-state index in [2.05, 4.69) is 0 Å². The lowest BCUT2D eigenvalue weighted by molar-refractivity contribution is 0.0101. The topological polar surface area (TPSA) is 72.6 Å². The van der Waals surface area contributed by atoms with Crippen LogP contribution < -0.4 is 5.73 Å². The Kier molecular flexibility index (Phi) is 4.74. The molecule has 0 aromatic heterocycles. The molecule has 0 spiro atoms. The van der Waals surface area contributed by atoms with Crippen molar-refractivity contribution in [2.24, 2.45) is 5.73 Å². The summed E-state index contributed by atoms with van der Waals surface area (Å²) in [5.41, 5.74) is 6.89. The fraction of sp³-hybridized carbons (Fsp3) is 0.462. The molecule has 1 aliphatic rings. The molecule has 7 heteroatoms. The van der Waals surface area contributed by atoms with Gasteiger partial charge in [0.25, 0.3) is 0 Å². The van der Waals surface area contributed by atoms with E-state index in [-0.39, 0.29) is 16.8 Å². The number of nitrogens with two attached hydrogens (primary N) is 1. The molecule has 1 aliphatic heterocycles. The maximum Gasteiger partial charge on any atom is 0.218 e. The van der Waals surface area contributed by atoms with Crippen LogP contribution in [-0.2, 0) is 20.5 Å². The first kappa shape index (κ1) is 15.4. The van der Waals surface area contributed by atoms with Crippen LogP contribution in [0.1, 0.15) is 18.1 Å². The molecular weight excluding hydrogens is 296 g/mol. The van der Waals surface area contributed by atoms with Crippen molar-refractivity contribution in [2.45, 2.75) is 18.8 Å². The van der Waals surface area contributed by atoms with Crippen LogP contribution in [0.2, 0.25) is 0 Å². The Bertz CT molecular complexity index is 601. The van der Waals surface area contributed by atoms with Crippen molar-refractivity contribution >= 4 is 27.2 Å². The smallest absolute Gasteiger partial charge is 0.218 e. The zero-order valence-corrected chi connectivity index (χ0v) is 12.9. The number of sulfonamides is 1. The zero-order valence-electron chi connectivity index (χ0n) is 11.3. The molecule has 20 heavy (non-hydrogen) atoms. The quantitative estimate of drug-likeness (QED) is 0.835. The first-order valence-electron chi connectivity index (χ1n) is 6.37. The molecule has 0 bridgehead atoms. The van der Waals surface area contributed by atoms with Gasteiger partial charge in [-0.25, -0.2) is 8.42 Å². The minimum Gasteiger partial charge on any atom is -0.389 e. The lowest BCUT2D eigenvalue weighted by atomic mass is 10.1. The summed E-state index contributed by atoms with van der Waals surface area (Å²) in [6.45, 7) is 3.07. The average molecular weight is 314 g/mol. The zero-order chi connectivity index (χ0) is 14.8. The van der Waals surface area contributed by atoms with E-state index < -0.39 is 10.0 Å². The van der Waals surface area contributed by atoms with E-state index in [0.717, 1.165) is 0 Å². The molecule has 0 saturated carbocycles. The standard InChI is InChI=1S/C13H18N2O3S2/c1-10-8-15(6-7-18-10)20(16,17)9-11-4-2-3-5-12(11)13(14)19/h2-5,10H,6-9H2,1H3,(H2,14,19). The normalized spacial score (nSPS) is 20.8. The predicted molar refractivity (Wildman–Crippen MR) is 81.9 cm³/mol. The summed E-state index contributed by atoms with van der Waals surface area (Å²) in [4.78, 5) is 0.214. The van der Waals surface area contributed by atoms with Gasteiger partial charge in [-0.15, -0.1) is 0 Å². The molecule has 2 N–H and O–H groups in total. The summed E-state index contributed by atoms with van der Waals surface area (Å²) >= 11 is 4.96. The molecule has 1 aromatic rings. The summed E-state index contributed by atoms with van der Waals surface area (Å²) in [6.07, 6.45) is -0.0793.